The minimum atomic E-state index is 0.348. The molecule has 102 valence electrons. The molecule has 0 aromatic carbocycles. The second kappa shape index (κ2) is 5.46. The molecular weight excluding hydrogens is 260 g/mol. The molecule has 1 unspecified atom stereocenters. The van der Waals surface area contributed by atoms with Gasteiger partial charge in [0.05, 0.1) is 6.10 Å². The van der Waals surface area contributed by atoms with Gasteiger partial charge in [0.25, 0.3) is 5.78 Å². The van der Waals surface area contributed by atoms with Gasteiger partial charge in [0.15, 0.2) is 0 Å². The van der Waals surface area contributed by atoms with Crippen LogP contribution in [-0.4, -0.2) is 38.0 Å². The van der Waals surface area contributed by atoms with Crippen LogP contribution in [0.2, 0.25) is 0 Å². The van der Waals surface area contributed by atoms with Crippen molar-refractivity contribution in [3.05, 3.63) is 17.5 Å². The van der Waals surface area contributed by atoms with E-state index in [-0.39, 0.29) is 0 Å². The molecule has 0 N–H and O–H groups in total. The highest BCUT2D eigenvalue weighted by atomic mass is 32.2. The van der Waals surface area contributed by atoms with Crippen LogP contribution < -0.4 is 0 Å². The molecule has 2 aromatic heterocycles. The van der Waals surface area contributed by atoms with Crippen molar-refractivity contribution >= 4 is 17.5 Å². The fourth-order valence-corrected chi connectivity index (χ4v) is 3.20. The number of aryl methyl sites for hydroxylation is 2. The van der Waals surface area contributed by atoms with Gasteiger partial charge >= 0.3 is 0 Å². The van der Waals surface area contributed by atoms with Crippen molar-refractivity contribution in [3.63, 3.8) is 0 Å². The molecule has 0 saturated carbocycles. The number of ether oxygens (including phenoxy) is 1. The molecule has 6 heteroatoms. The predicted octanol–water partition coefficient (Wildman–Crippen LogP) is 2.40. The van der Waals surface area contributed by atoms with Gasteiger partial charge in [-0.3, -0.25) is 0 Å². The molecule has 0 spiro atoms. The van der Waals surface area contributed by atoms with Crippen molar-refractivity contribution in [2.45, 2.75) is 44.4 Å². The first kappa shape index (κ1) is 12.9. The first-order valence-corrected chi connectivity index (χ1v) is 7.66. The second-order valence-corrected chi connectivity index (χ2v) is 5.93. The molecule has 3 heterocycles. The van der Waals surface area contributed by atoms with Crippen molar-refractivity contribution in [1.82, 2.24) is 19.6 Å². The number of hydrogen-bond donors (Lipinski definition) is 0. The minimum Gasteiger partial charge on any atom is -0.377 e. The molecule has 0 bridgehead atoms. The van der Waals surface area contributed by atoms with E-state index in [2.05, 4.69) is 15.1 Å². The van der Waals surface area contributed by atoms with Gasteiger partial charge in [0.1, 0.15) is 0 Å². The normalized spacial score (nSPS) is 20.0. The summed E-state index contributed by atoms with van der Waals surface area (Å²) in [5.41, 5.74) is 2.04. The van der Waals surface area contributed by atoms with E-state index in [9.17, 15) is 0 Å². The van der Waals surface area contributed by atoms with Crippen LogP contribution in [0.25, 0.3) is 5.78 Å². The first-order chi connectivity index (χ1) is 9.22. The maximum absolute atomic E-state index is 5.72. The summed E-state index contributed by atoms with van der Waals surface area (Å²) in [6, 6.07) is 2.01. The minimum absolute atomic E-state index is 0.348. The van der Waals surface area contributed by atoms with E-state index >= 15 is 0 Å². The van der Waals surface area contributed by atoms with E-state index in [1.807, 2.05) is 19.9 Å². The zero-order chi connectivity index (χ0) is 13.2. The van der Waals surface area contributed by atoms with Crippen molar-refractivity contribution < 1.29 is 4.74 Å². The largest absolute Gasteiger partial charge is 0.377 e. The Kier molecular flexibility index (Phi) is 3.70. The van der Waals surface area contributed by atoms with Crippen LogP contribution in [0.4, 0.5) is 0 Å². The Morgan fingerprint density at radius 3 is 3.05 bits per heavy atom. The smallest absolute Gasteiger partial charge is 0.253 e. The Morgan fingerprint density at radius 1 is 1.37 bits per heavy atom. The summed E-state index contributed by atoms with van der Waals surface area (Å²) in [5, 5.41) is 5.28. The number of rotatable bonds is 3. The summed E-state index contributed by atoms with van der Waals surface area (Å²) < 4.78 is 7.52. The van der Waals surface area contributed by atoms with E-state index in [0.29, 0.717) is 11.9 Å². The second-order valence-electron chi connectivity index (χ2n) is 4.94. The van der Waals surface area contributed by atoms with Crippen LogP contribution in [0, 0.1) is 13.8 Å². The number of aromatic nitrogens is 4. The highest BCUT2D eigenvalue weighted by molar-refractivity contribution is 7.99. The molecule has 1 saturated heterocycles. The molecule has 2 aromatic rings. The lowest BCUT2D eigenvalue weighted by Crippen LogP contribution is -2.21. The SMILES string of the molecule is Cc1cc(C)n2nc(SCC3CCCCO3)nc2n1. The van der Waals surface area contributed by atoms with Gasteiger partial charge in [-0.25, -0.2) is 9.50 Å². The van der Waals surface area contributed by atoms with Gasteiger partial charge in [-0.05, 0) is 39.2 Å². The van der Waals surface area contributed by atoms with Gasteiger partial charge in [-0.1, -0.05) is 11.8 Å². The monoisotopic (exact) mass is 278 g/mol. The molecule has 1 aliphatic rings. The summed E-state index contributed by atoms with van der Waals surface area (Å²) in [6.45, 7) is 4.89. The average Bonchev–Trinajstić information content (AvgIpc) is 2.81. The molecule has 0 aliphatic carbocycles. The Hall–Kier alpha value is -1.14. The lowest BCUT2D eigenvalue weighted by molar-refractivity contribution is 0.0315. The third kappa shape index (κ3) is 2.90. The van der Waals surface area contributed by atoms with Gasteiger partial charge in [-0.15, -0.1) is 5.10 Å². The van der Waals surface area contributed by atoms with Crippen molar-refractivity contribution in [1.29, 1.82) is 0 Å². The Balaban J connectivity index is 1.72. The van der Waals surface area contributed by atoms with Crippen LogP contribution in [0.3, 0.4) is 0 Å². The molecular formula is C13H18N4OS. The van der Waals surface area contributed by atoms with E-state index in [1.165, 1.54) is 12.8 Å². The highest BCUT2D eigenvalue weighted by Crippen LogP contribution is 2.21. The number of fused-ring (bicyclic) bond motifs is 1. The molecule has 5 nitrogen and oxygen atoms in total. The fraction of sp³-hybridized carbons (Fsp3) is 0.615. The molecule has 1 atom stereocenters. The quantitative estimate of drug-likeness (QED) is 0.807. The van der Waals surface area contributed by atoms with Crippen molar-refractivity contribution in [2.75, 3.05) is 12.4 Å². The van der Waals surface area contributed by atoms with Gasteiger partial charge in [0.2, 0.25) is 5.16 Å². The van der Waals surface area contributed by atoms with Crippen LogP contribution >= 0.6 is 11.8 Å². The van der Waals surface area contributed by atoms with Crippen LogP contribution in [0.1, 0.15) is 30.7 Å². The maximum atomic E-state index is 5.72. The third-order valence-corrected chi connectivity index (χ3v) is 4.24. The van der Waals surface area contributed by atoms with E-state index in [4.69, 9.17) is 4.74 Å². The fourth-order valence-electron chi connectivity index (χ4n) is 2.32. The maximum Gasteiger partial charge on any atom is 0.253 e. The van der Waals surface area contributed by atoms with Gasteiger partial charge in [0, 0.05) is 23.7 Å². The lowest BCUT2D eigenvalue weighted by atomic mass is 10.1. The number of nitrogens with zero attached hydrogens (tertiary/aromatic N) is 4. The Bertz CT molecular complexity index is 577. The lowest BCUT2D eigenvalue weighted by Gasteiger charge is -2.21. The molecule has 1 fully saturated rings. The van der Waals surface area contributed by atoms with E-state index in [1.54, 1.807) is 16.3 Å². The Labute approximate surface area is 116 Å². The predicted molar refractivity (Wildman–Crippen MR) is 74.6 cm³/mol. The molecule has 3 rings (SSSR count). The zero-order valence-electron chi connectivity index (χ0n) is 11.3. The summed E-state index contributed by atoms with van der Waals surface area (Å²) in [4.78, 5) is 8.86. The van der Waals surface area contributed by atoms with Crippen molar-refractivity contribution in [3.8, 4) is 0 Å². The Morgan fingerprint density at radius 2 is 2.26 bits per heavy atom. The van der Waals surface area contributed by atoms with E-state index < -0.39 is 0 Å². The van der Waals surface area contributed by atoms with Crippen molar-refractivity contribution in [2.24, 2.45) is 0 Å². The molecule has 1 aliphatic heterocycles. The average molecular weight is 278 g/mol. The summed E-state index contributed by atoms with van der Waals surface area (Å²) in [7, 11) is 0. The summed E-state index contributed by atoms with van der Waals surface area (Å²) in [6.07, 6.45) is 3.96. The standard InChI is InChI=1S/C13H18N4OS/c1-9-7-10(2)17-12(14-9)15-13(16-17)19-8-11-5-3-4-6-18-11/h7,11H,3-6,8H2,1-2H3. The molecule has 19 heavy (non-hydrogen) atoms. The van der Waals surface area contributed by atoms with Crippen LogP contribution in [-0.2, 0) is 4.74 Å². The number of thioether (sulfide) groups is 1. The van der Waals surface area contributed by atoms with Gasteiger partial charge in [-0.2, -0.15) is 4.98 Å². The van der Waals surface area contributed by atoms with Crippen LogP contribution in [0.5, 0.6) is 0 Å². The number of hydrogen-bond acceptors (Lipinski definition) is 5. The first-order valence-electron chi connectivity index (χ1n) is 6.68. The van der Waals surface area contributed by atoms with Gasteiger partial charge < -0.3 is 4.74 Å². The van der Waals surface area contributed by atoms with E-state index in [0.717, 1.165) is 35.3 Å². The summed E-state index contributed by atoms with van der Waals surface area (Å²) >= 11 is 1.66. The zero-order valence-corrected chi connectivity index (χ0v) is 12.1. The topological polar surface area (TPSA) is 52.3 Å². The molecule has 0 radical (unpaired) electrons. The summed E-state index contributed by atoms with van der Waals surface area (Å²) in [5.74, 6) is 1.61. The highest BCUT2D eigenvalue weighted by Gasteiger charge is 2.16. The van der Waals surface area contributed by atoms with Crippen LogP contribution in [0.15, 0.2) is 11.2 Å². The third-order valence-electron chi connectivity index (χ3n) is 3.27. The molecule has 0 amide bonds.